The van der Waals surface area contributed by atoms with Crippen LogP contribution in [0.3, 0.4) is 0 Å². The van der Waals surface area contributed by atoms with Gasteiger partial charge in [-0.25, -0.2) is 4.39 Å². The number of oxime groups is 1. The molecule has 132 valence electrons. The number of carbonyl (C=O) groups excluding carboxylic acids is 1. The highest BCUT2D eigenvalue weighted by Crippen LogP contribution is 2.22. The second-order valence-electron chi connectivity index (χ2n) is 5.58. The zero-order valence-electron chi connectivity index (χ0n) is 14.2. The first-order chi connectivity index (χ1) is 11.9. The monoisotopic (exact) mass is 363 g/mol. The maximum Gasteiger partial charge on any atom is 0.268 e. The Bertz CT molecular complexity index is 763. The van der Waals surface area contributed by atoms with Crippen LogP contribution in [-0.2, 0) is 9.63 Å². The molecule has 0 heterocycles. The van der Waals surface area contributed by atoms with Crippen LogP contribution < -0.4 is 10.2 Å². The third-order valence-electron chi connectivity index (χ3n) is 3.39. The molecule has 0 aliphatic heterocycles. The highest BCUT2D eigenvalue weighted by molar-refractivity contribution is 6.33. The average Bonchev–Trinajstić information content (AvgIpc) is 2.57. The van der Waals surface area contributed by atoms with Crippen molar-refractivity contribution >= 4 is 35.1 Å². The van der Waals surface area contributed by atoms with Gasteiger partial charge in [0.25, 0.3) is 5.91 Å². The Morgan fingerprint density at radius 3 is 2.56 bits per heavy atom. The lowest BCUT2D eigenvalue weighted by atomic mass is 10.2. The van der Waals surface area contributed by atoms with Crippen LogP contribution in [0.25, 0.3) is 0 Å². The minimum atomic E-state index is -0.835. The molecule has 0 spiro atoms. The van der Waals surface area contributed by atoms with Gasteiger partial charge in [0.15, 0.2) is 0 Å². The van der Waals surface area contributed by atoms with Gasteiger partial charge in [-0.1, -0.05) is 28.9 Å². The summed E-state index contributed by atoms with van der Waals surface area (Å²) in [6.07, 6.45) is 0.687. The van der Waals surface area contributed by atoms with Crippen molar-refractivity contribution in [3.63, 3.8) is 0 Å². The highest BCUT2D eigenvalue weighted by atomic mass is 35.5. The van der Waals surface area contributed by atoms with E-state index in [0.29, 0.717) is 5.69 Å². The SMILES string of the molecule is CC(ON=Cc1ccc(N(C)C)cc1)C(=O)Nc1ccc(F)cc1Cl. The summed E-state index contributed by atoms with van der Waals surface area (Å²) in [6.45, 7) is 1.55. The number of hydrogen-bond acceptors (Lipinski definition) is 4. The van der Waals surface area contributed by atoms with Crippen molar-refractivity contribution < 1.29 is 14.0 Å². The number of hydrogen-bond donors (Lipinski definition) is 1. The molecule has 0 bridgehead atoms. The van der Waals surface area contributed by atoms with E-state index in [1.54, 1.807) is 6.92 Å². The van der Waals surface area contributed by atoms with E-state index in [2.05, 4.69) is 10.5 Å². The van der Waals surface area contributed by atoms with Gasteiger partial charge in [-0.15, -0.1) is 0 Å². The highest BCUT2D eigenvalue weighted by Gasteiger charge is 2.15. The Morgan fingerprint density at radius 2 is 1.96 bits per heavy atom. The summed E-state index contributed by atoms with van der Waals surface area (Å²) in [5.41, 5.74) is 2.23. The summed E-state index contributed by atoms with van der Waals surface area (Å²) < 4.78 is 13.0. The molecule has 0 aromatic heterocycles. The minimum absolute atomic E-state index is 0.116. The summed E-state index contributed by atoms with van der Waals surface area (Å²) in [5.74, 6) is -0.911. The summed E-state index contributed by atoms with van der Waals surface area (Å²) in [5, 5.41) is 6.50. The molecular formula is C18H19ClFN3O2. The molecule has 1 amide bonds. The molecule has 7 heteroatoms. The van der Waals surface area contributed by atoms with Crippen molar-refractivity contribution in [2.45, 2.75) is 13.0 Å². The molecule has 25 heavy (non-hydrogen) atoms. The fraction of sp³-hybridized carbons (Fsp3) is 0.222. The Morgan fingerprint density at radius 1 is 1.28 bits per heavy atom. The number of rotatable bonds is 6. The second-order valence-corrected chi connectivity index (χ2v) is 5.99. The third kappa shape index (κ3) is 5.46. The first kappa shape index (κ1) is 18.7. The molecule has 1 atom stereocenters. The van der Waals surface area contributed by atoms with E-state index in [-0.39, 0.29) is 5.02 Å². The molecule has 0 fully saturated rings. The Kier molecular flexibility index (Phi) is 6.36. The van der Waals surface area contributed by atoms with Crippen LogP contribution in [0.15, 0.2) is 47.6 Å². The van der Waals surface area contributed by atoms with E-state index in [9.17, 15) is 9.18 Å². The van der Waals surface area contributed by atoms with Gasteiger partial charge in [-0.3, -0.25) is 4.79 Å². The fourth-order valence-electron chi connectivity index (χ4n) is 1.91. The van der Waals surface area contributed by atoms with Gasteiger partial charge in [-0.05, 0) is 42.8 Å². The normalized spacial score (nSPS) is 12.0. The molecule has 0 aliphatic rings. The van der Waals surface area contributed by atoms with Gasteiger partial charge >= 0.3 is 0 Å². The maximum atomic E-state index is 13.0. The van der Waals surface area contributed by atoms with Crippen molar-refractivity contribution in [1.29, 1.82) is 0 Å². The van der Waals surface area contributed by atoms with E-state index in [0.717, 1.165) is 17.3 Å². The lowest BCUT2D eigenvalue weighted by Gasteiger charge is -2.12. The van der Waals surface area contributed by atoms with Crippen molar-refractivity contribution in [3.05, 3.63) is 58.9 Å². The van der Waals surface area contributed by atoms with Crippen LogP contribution in [0.2, 0.25) is 5.02 Å². The number of amides is 1. The summed E-state index contributed by atoms with van der Waals surface area (Å²) in [4.78, 5) is 19.2. The average molecular weight is 364 g/mol. The predicted octanol–water partition coefficient (Wildman–Crippen LogP) is 3.92. The van der Waals surface area contributed by atoms with Crippen molar-refractivity contribution in [1.82, 2.24) is 0 Å². The van der Waals surface area contributed by atoms with E-state index in [1.807, 2.05) is 43.3 Å². The first-order valence-electron chi connectivity index (χ1n) is 7.59. The van der Waals surface area contributed by atoms with E-state index in [1.165, 1.54) is 18.3 Å². The summed E-state index contributed by atoms with van der Waals surface area (Å²) >= 11 is 5.87. The van der Waals surface area contributed by atoms with Crippen molar-refractivity contribution in [2.75, 3.05) is 24.3 Å². The maximum absolute atomic E-state index is 13.0. The summed E-state index contributed by atoms with van der Waals surface area (Å²) in [6, 6.07) is 11.4. The van der Waals surface area contributed by atoms with Crippen LogP contribution in [0.4, 0.5) is 15.8 Å². The number of halogens is 2. The lowest BCUT2D eigenvalue weighted by Crippen LogP contribution is -2.26. The standard InChI is InChI=1S/C18H19ClFN3O2/c1-12(18(24)22-17-9-6-14(20)10-16(17)19)25-21-11-13-4-7-15(8-5-13)23(2)3/h4-12H,1-3H3,(H,22,24). The molecule has 1 N–H and O–H groups in total. The predicted molar refractivity (Wildman–Crippen MR) is 98.9 cm³/mol. The Hall–Kier alpha value is -2.60. The van der Waals surface area contributed by atoms with Gasteiger partial charge < -0.3 is 15.1 Å². The molecule has 0 saturated heterocycles. The van der Waals surface area contributed by atoms with Gasteiger partial charge in [0.2, 0.25) is 6.10 Å². The number of anilines is 2. The second kappa shape index (κ2) is 8.48. The number of benzene rings is 2. The third-order valence-corrected chi connectivity index (χ3v) is 3.70. The van der Waals surface area contributed by atoms with Crippen LogP contribution in [-0.4, -0.2) is 32.3 Å². The zero-order chi connectivity index (χ0) is 18.4. The molecule has 2 aromatic carbocycles. The van der Waals surface area contributed by atoms with Crippen molar-refractivity contribution in [2.24, 2.45) is 5.16 Å². The van der Waals surface area contributed by atoms with Crippen LogP contribution in [0, 0.1) is 5.82 Å². The topological polar surface area (TPSA) is 53.9 Å². The summed E-state index contributed by atoms with van der Waals surface area (Å²) in [7, 11) is 3.92. The molecule has 0 radical (unpaired) electrons. The molecule has 0 aliphatic carbocycles. The number of nitrogens with one attached hydrogen (secondary N) is 1. The first-order valence-corrected chi connectivity index (χ1v) is 7.97. The number of carbonyl (C=O) groups is 1. The van der Waals surface area contributed by atoms with Crippen molar-refractivity contribution in [3.8, 4) is 0 Å². The van der Waals surface area contributed by atoms with Gasteiger partial charge in [0.05, 0.1) is 16.9 Å². The smallest absolute Gasteiger partial charge is 0.268 e. The van der Waals surface area contributed by atoms with Crippen LogP contribution >= 0.6 is 11.6 Å². The van der Waals surface area contributed by atoms with E-state index >= 15 is 0 Å². The zero-order valence-corrected chi connectivity index (χ0v) is 14.9. The van der Waals surface area contributed by atoms with Gasteiger partial charge in [0.1, 0.15) is 5.82 Å². The molecule has 5 nitrogen and oxygen atoms in total. The quantitative estimate of drug-likeness (QED) is 0.625. The van der Waals surface area contributed by atoms with E-state index in [4.69, 9.17) is 16.4 Å². The lowest BCUT2D eigenvalue weighted by molar-refractivity contribution is -0.126. The fourth-order valence-corrected chi connectivity index (χ4v) is 2.13. The molecule has 2 aromatic rings. The molecular weight excluding hydrogens is 345 g/mol. The van der Waals surface area contributed by atoms with E-state index < -0.39 is 17.8 Å². The van der Waals surface area contributed by atoms with Gasteiger partial charge in [-0.2, -0.15) is 0 Å². The largest absolute Gasteiger partial charge is 0.383 e. The molecule has 0 saturated carbocycles. The number of nitrogens with zero attached hydrogens (tertiary/aromatic N) is 2. The van der Waals surface area contributed by atoms with Crippen LogP contribution in [0.1, 0.15) is 12.5 Å². The molecule has 1 unspecified atom stereocenters. The van der Waals surface area contributed by atoms with Crippen LogP contribution in [0.5, 0.6) is 0 Å². The Labute approximate surface area is 151 Å². The minimum Gasteiger partial charge on any atom is -0.383 e. The Balaban J connectivity index is 1.90. The molecule has 2 rings (SSSR count). The van der Waals surface area contributed by atoms with Gasteiger partial charge in [0, 0.05) is 19.8 Å².